The van der Waals surface area contributed by atoms with Crippen molar-refractivity contribution < 1.29 is 4.74 Å². The number of ether oxygens (including phenoxy) is 1. The highest BCUT2D eigenvalue weighted by Gasteiger charge is 2.04. The van der Waals surface area contributed by atoms with Crippen molar-refractivity contribution in [2.45, 2.75) is 46.3 Å². The standard InChI is InChI=1S/C14H23NO/c1-5-10-15-12(4)13-6-8-14(9-7-13)16-11(2)3/h6-9,11-12,15H,5,10H2,1-4H3/t12-/m1/s1. The van der Waals surface area contributed by atoms with Gasteiger partial charge in [0.2, 0.25) is 0 Å². The minimum atomic E-state index is 0.237. The van der Waals surface area contributed by atoms with Gasteiger partial charge in [0.1, 0.15) is 5.75 Å². The van der Waals surface area contributed by atoms with Gasteiger partial charge >= 0.3 is 0 Å². The molecule has 1 rings (SSSR count). The zero-order valence-electron chi connectivity index (χ0n) is 10.8. The molecule has 0 bridgehead atoms. The lowest BCUT2D eigenvalue weighted by Gasteiger charge is -2.15. The number of hydrogen-bond donors (Lipinski definition) is 1. The van der Waals surface area contributed by atoms with Crippen LogP contribution in [0.15, 0.2) is 24.3 Å². The summed E-state index contributed by atoms with van der Waals surface area (Å²) < 4.78 is 5.61. The maximum atomic E-state index is 5.61. The molecule has 0 amide bonds. The van der Waals surface area contributed by atoms with E-state index in [0.717, 1.165) is 12.3 Å². The van der Waals surface area contributed by atoms with Gasteiger partial charge in [0.25, 0.3) is 0 Å². The summed E-state index contributed by atoms with van der Waals surface area (Å²) in [7, 11) is 0. The van der Waals surface area contributed by atoms with E-state index in [2.05, 4.69) is 31.3 Å². The van der Waals surface area contributed by atoms with Crippen LogP contribution in [0.1, 0.15) is 45.7 Å². The molecule has 0 fully saturated rings. The number of hydrogen-bond acceptors (Lipinski definition) is 2. The van der Waals surface area contributed by atoms with Crippen LogP contribution in [-0.2, 0) is 0 Å². The van der Waals surface area contributed by atoms with E-state index in [9.17, 15) is 0 Å². The summed E-state index contributed by atoms with van der Waals surface area (Å²) in [5, 5.41) is 3.47. The molecule has 0 aliphatic carbocycles. The highest BCUT2D eigenvalue weighted by Crippen LogP contribution is 2.18. The van der Waals surface area contributed by atoms with E-state index in [-0.39, 0.29) is 6.10 Å². The van der Waals surface area contributed by atoms with Crippen LogP contribution in [0.3, 0.4) is 0 Å². The largest absolute Gasteiger partial charge is 0.491 e. The topological polar surface area (TPSA) is 21.3 Å². The summed E-state index contributed by atoms with van der Waals surface area (Å²) in [5.74, 6) is 0.946. The van der Waals surface area contributed by atoms with Gasteiger partial charge in [0.05, 0.1) is 6.10 Å². The Labute approximate surface area is 99.0 Å². The number of benzene rings is 1. The predicted octanol–water partition coefficient (Wildman–Crippen LogP) is 3.53. The predicted molar refractivity (Wildman–Crippen MR) is 68.9 cm³/mol. The van der Waals surface area contributed by atoms with E-state index in [1.807, 2.05) is 26.0 Å². The fourth-order valence-corrected chi connectivity index (χ4v) is 1.59. The smallest absolute Gasteiger partial charge is 0.119 e. The van der Waals surface area contributed by atoms with Crippen LogP contribution in [0.25, 0.3) is 0 Å². The van der Waals surface area contributed by atoms with Gasteiger partial charge < -0.3 is 10.1 Å². The second-order valence-electron chi connectivity index (χ2n) is 4.41. The lowest BCUT2D eigenvalue weighted by Crippen LogP contribution is -2.19. The first-order valence-electron chi connectivity index (χ1n) is 6.13. The van der Waals surface area contributed by atoms with Crippen molar-refractivity contribution in [3.8, 4) is 5.75 Å². The van der Waals surface area contributed by atoms with Crippen molar-refractivity contribution in [2.24, 2.45) is 0 Å². The van der Waals surface area contributed by atoms with Gasteiger partial charge in [0, 0.05) is 6.04 Å². The highest BCUT2D eigenvalue weighted by atomic mass is 16.5. The molecule has 0 aliphatic heterocycles. The van der Waals surface area contributed by atoms with Crippen LogP contribution in [0.4, 0.5) is 0 Å². The minimum absolute atomic E-state index is 0.237. The Hall–Kier alpha value is -1.02. The summed E-state index contributed by atoms with van der Waals surface area (Å²) in [4.78, 5) is 0. The summed E-state index contributed by atoms with van der Waals surface area (Å²) in [6.07, 6.45) is 1.40. The van der Waals surface area contributed by atoms with Crippen LogP contribution in [0.5, 0.6) is 5.75 Å². The molecule has 0 saturated heterocycles. The van der Waals surface area contributed by atoms with E-state index in [1.165, 1.54) is 12.0 Å². The van der Waals surface area contributed by atoms with Crippen molar-refractivity contribution in [1.82, 2.24) is 5.32 Å². The summed E-state index contributed by atoms with van der Waals surface area (Å²) in [6, 6.07) is 8.75. The average Bonchev–Trinajstić information content (AvgIpc) is 2.26. The Morgan fingerprint density at radius 2 is 1.75 bits per heavy atom. The van der Waals surface area contributed by atoms with Gasteiger partial charge in [-0.05, 0) is 51.4 Å². The van der Waals surface area contributed by atoms with E-state index in [4.69, 9.17) is 4.74 Å². The molecular weight excluding hydrogens is 198 g/mol. The van der Waals surface area contributed by atoms with Gasteiger partial charge in [-0.3, -0.25) is 0 Å². The van der Waals surface area contributed by atoms with Crippen LogP contribution in [0.2, 0.25) is 0 Å². The van der Waals surface area contributed by atoms with Gasteiger partial charge in [-0.15, -0.1) is 0 Å². The molecule has 0 saturated carbocycles. The highest BCUT2D eigenvalue weighted by molar-refractivity contribution is 5.29. The minimum Gasteiger partial charge on any atom is -0.491 e. The lowest BCUT2D eigenvalue weighted by atomic mass is 10.1. The van der Waals surface area contributed by atoms with Crippen LogP contribution >= 0.6 is 0 Å². The average molecular weight is 221 g/mol. The van der Waals surface area contributed by atoms with Crippen LogP contribution in [-0.4, -0.2) is 12.6 Å². The molecule has 1 aromatic rings. The molecule has 0 aromatic heterocycles. The Kier molecular flexibility index (Phi) is 5.33. The molecule has 16 heavy (non-hydrogen) atoms. The third kappa shape index (κ3) is 4.23. The maximum absolute atomic E-state index is 5.61. The summed E-state index contributed by atoms with van der Waals surface area (Å²) in [6.45, 7) is 9.51. The van der Waals surface area contributed by atoms with Crippen LogP contribution in [0, 0.1) is 0 Å². The third-order valence-electron chi connectivity index (χ3n) is 2.45. The monoisotopic (exact) mass is 221 g/mol. The van der Waals surface area contributed by atoms with Crippen molar-refractivity contribution in [3.05, 3.63) is 29.8 Å². The van der Waals surface area contributed by atoms with Gasteiger partial charge in [0.15, 0.2) is 0 Å². The molecule has 0 heterocycles. The molecule has 0 aliphatic rings. The molecule has 0 spiro atoms. The first-order valence-corrected chi connectivity index (χ1v) is 6.13. The van der Waals surface area contributed by atoms with Crippen molar-refractivity contribution in [3.63, 3.8) is 0 Å². The Morgan fingerprint density at radius 3 is 2.25 bits per heavy atom. The molecule has 0 radical (unpaired) electrons. The zero-order valence-corrected chi connectivity index (χ0v) is 10.8. The summed E-state index contributed by atoms with van der Waals surface area (Å²) in [5.41, 5.74) is 1.31. The van der Waals surface area contributed by atoms with E-state index in [1.54, 1.807) is 0 Å². The fraction of sp³-hybridized carbons (Fsp3) is 0.571. The van der Waals surface area contributed by atoms with Gasteiger partial charge in [-0.25, -0.2) is 0 Å². The van der Waals surface area contributed by atoms with Crippen molar-refractivity contribution in [1.29, 1.82) is 0 Å². The SMILES string of the molecule is CCCN[C@H](C)c1ccc(OC(C)C)cc1. The first kappa shape index (κ1) is 13.0. The fourth-order valence-electron chi connectivity index (χ4n) is 1.59. The maximum Gasteiger partial charge on any atom is 0.119 e. The van der Waals surface area contributed by atoms with E-state index < -0.39 is 0 Å². The third-order valence-corrected chi connectivity index (χ3v) is 2.45. The summed E-state index contributed by atoms with van der Waals surface area (Å²) >= 11 is 0. The number of rotatable bonds is 6. The molecule has 1 N–H and O–H groups in total. The molecule has 90 valence electrons. The van der Waals surface area contributed by atoms with Gasteiger partial charge in [-0.2, -0.15) is 0 Å². The quantitative estimate of drug-likeness (QED) is 0.793. The van der Waals surface area contributed by atoms with E-state index in [0.29, 0.717) is 6.04 Å². The van der Waals surface area contributed by atoms with E-state index >= 15 is 0 Å². The lowest BCUT2D eigenvalue weighted by molar-refractivity contribution is 0.242. The van der Waals surface area contributed by atoms with Crippen molar-refractivity contribution in [2.75, 3.05) is 6.54 Å². The molecule has 2 nitrogen and oxygen atoms in total. The molecular formula is C14H23NO. The van der Waals surface area contributed by atoms with Crippen molar-refractivity contribution >= 4 is 0 Å². The van der Waals surface area contributed by atoms with Crippen LogP contribution < -0.4 is 10.1 Å². The van der Waals surface area contributed by atoms with Gasteiger partial charge in [-0.1, -0.05) is 19.1 Å². The second kappa shape index (κ2) is 6.54. The number of nitrogens with one attached hydrogen (secondary N) is 1. The second-order valence-corrected chi connectivity index (χ2v) is 4.41. The molecule has 2 heteroatoms. The Balaban J connectivity index is 2.56. The first-order chi connectivity index (χ1) is 7.63. The molecule has 1 aromatic carbocycles. The molecule has 1 atom stereocenters. The Bertz CT molecular complexity index is 292. The molecule has 0 unspecified atom stereocenters. The normalized spacial score (nSPS) is 12.8. The zero-order chi connectivity index (χ0) is 12.0. The Morgan fingerprint density at radius 1 is 1.12 bits per heavy atom.